The molecule has 2 rings (SSSR count). The van der Waals surface area contributed by atoms with Crippen LogP contribution in [0.25, 0.3) is 6.08 Å². The van der Waals surface area contributed by atoms with Crippen molar-refractivity contribution < 1.29 is 14.6 Å². The van der Waals surface area contributed by atoms with Gasteiger partial charge in [0.1, 0.15) is 0 Å². The quantitative estimate of drug-likeness (QED) is 0.844. The van der Waals surface area contributed by atoms with Crippen LogP contribution in [0.3, 0.4) is 0 Å². The first kappa shape index (κ1) is 15.7. The molecule has 1 heterocycles. The van der Waals surface area contributed by atoms with Gasteiger partial charge in [-0.3, -0.25) is 4.79 Å². The van der Waals surface area contributed by atoms with E-state index < -0.39 is 0 Å². The van der Waals surface area contributed by atoms with Crippen LogP contribution in [0.2, 0.25) is 0 Å². The van der Waals surface area contributed by atoms with E-state index in [1.807, 2.05) is 42.2 Å². The molecule has 1 amide bonds. The summed E-state index contributed by atoms with van der Waals surface area (Å²) < 4.78 is 5.50. The molecule has 1 aromatic carbocycles. The van der Waals surface area contributed by atoms with Crippen molar-refractivity contribution in [3.8, 4) is 0 Å². The van der Waals surface area contributed by atoms with Crippen molar-refractivity contribution in [2.24, 2.45) is 0 Å². The summed E-state index contributed by atoms with van der Waals surface area (Å²) in [5.74, 6) is 0.0545. The highest BCUT2D eigenvalue weighted by atomic mass is 16.5. The molecule has 0 atom stereocenters. The molecule has 0 aromatic heterocycles. The fourth-order valence-electron chi connectivity index (χ4n) is 2.50. The number of likely N-dealkylation sites (tertiary alicyclic amines) is 1. The highest BCUT2D eigenvalue weighted by Crippen LogP contribution is 2.15. The predicted octanol–water partition coefficient (Wildman–Crippen LogP) is 2.01. The molecule has 1 fully saturated rings. The largest absolute Gasteiger partial charge is 0.394 e. The smallest absolute Gasteiger partial charge is 0.246 e. The minimum absolute atomic E-state index is 0.0539. The molecule has 1 N–H and O–H groups in total. The summed E-state index contributed by atoms with van der Waals surface area (Å²) in [5.41, 5.74) is 2.24. The summed E-state index contributed by atoms with van der Waals surface area (Å²) in [5, 5.41) is 8.74. The third-order valence-electron chi connectivity index (χ3n) is 3.79. The van der Waals surface area contributed by atoms with Gasteiger partial charge in [0.15, 0.2) is 0 Å². The van der Waals surface area contributed by atoms with Gasteiger partial charge in [0.2, 0.25) is 5.91 Å². The maximum absolute atomic E-state index is 12.2. The van der Waals surface area contributed by atoms with Gasteiger partial charge in [-0.25, -0.2) is 0 Å². The molecule has 0 spiro atoms. The number of amides is 1. The predicted molar refractivity (Wildman–Crippen MR) is 82.9 cm³/mol. The number of hydrogen-bond donors (Lipinski definition) is 1. The number of carbonyl (C=O) groups excluding carboxylic acids is 1. The van der Waals surface area contributed by atoms with E-state index in [9.17, 15) is 4.79 Å². The lowest BCUT2D eigenvalue weighted by molar-refractivity contribution is -0.128. The van der Waals surface area contributed by atoms with Crippen LogP contribution in [0.15, 0.2) is 30.3 Å². The maximum Gasteiger partial charge on any atom is 0.246 e. The van der Waals surface area contributed by atoms with E-state index in [0.717, 1.165) is 24.0 Å². The lowest BCUT2D eigenvalue weighted by Gasteiger charge is -2.31. The first-order valence-corrected chi connectivity index (χ1v) is 7.46. The van der Waals surface area contributed by atoms with Crippen LogP contribution in [-0.2, 0) is 9.53 Å². The van der Waals surface area contributed by atoms with Crippen molar-refractivity contribution >= 4 is 12.0 Å². The molecule has 0 unspecified atom stereocenters. The van der Waals surface area contributed by atoms with Crippen molar-refractivity contribution in [2.75, 3.05) is 26.3 Å². The van der Waals surface area contributed by atoms with Gasteiger partial charge in [-0.05, 0) is 37.0 Å². The Labute approximate surface area is 126 Å². The summed E-state index contributed by atoms with van der Waals surface area (Å²) in [6, 6.07) is 8.01. The number of nitrogens with zero attached hydrogens (tertiary/aromatic N) is 1. The average Bonchev–Trinajstić information content (AvgIpc) is 2.52. The van der Waals surface area contributed by atoms with E-state index in [1.54, 1.807) is 6.08 Å². The molecule has 0 aliphatic carbocycles. The van der Waals surface area contributed by atoms with Gasteiger partial charge in [-0.1, -0.05) is 24.3 Å². The Hall–Kier alpha value is -1.65. The Bertz CT molecular complexity index is 491. The molecule has 1 aliphatic rings. The number of rotatable bonds is 5. The highest BCUT2D eigenvalue weighted by molar-refractivity contribution is 5.92. The van der Waals surface area contributed by atoms with Crippen LogP contribution in [-0.4, -0.2) is 48.3 Å². The lowest BCUT2D eigenvalue weighted by atomic mass is 10.1. The molecule has 1 saturated heterocycles. The topological polar surface area (TPSA) is 49.8 Å². The Morgan fingerprint density at radius 3 is 2.76 bits per heavy atom. The zero-order valence-electron chi connectivity index (χ0n) is 12.5. The van der Waals surface area contributed by atoms with Gasteiger partial charge in [0.05, 0.1) is 19.3 Å². The van der Waals surface area contributed by atoms with E-state index in [2.05, 4.69) is 0 Å². The molecule has 4 nitrogen and oxygen atoms in total. The third kappa shape index (κ3) is 4.69. The Morgan fingerprint density at radius 1 is 1.38 bits per heavy atom. The average molecular weight is 289 g/mol. The molecule has 0 radical (unpaired) electrons. The molecular weight excluding hydrogens is 266 g/mol. The standard InChI is InChI=1S/C17H23NO3/c1-14-4-2-3-5-15(14)6-7-17(20)18-10-8-16(9-11-18)21-13-12-19/h2-7,16,19H,8-13H2,1H3/b7-6+. The third-order valence-corrected chi connectivity index (χ3v) is 3.79. The van der Waals surface area contributed by atoms with Crippen molar-refractivity contribution in [2.45, 2.75) is 25.9 Å². The number of carbonyl (C=O) groups is 1. The first-order chi connectivity index (χ1) is 10.2. The van der Waals surface area contributed by atoms with Crippen LogP contribution in [0.5, 0.6) is 0 Å². The zero-order chi connectivity index (χ0) is 15.1. The summed E-state index contributed by atoms with van der Waals surface area (Å²) in [6.45, 7) is 3.90. The highest BCUT2D eigenvalue weighted by Gasteiger charge is 2.21. The second-order valence-electron chi connectivity index (χ2n) is 5.31. The second kappa shape index (κ2) is 7.96. The zero-order valence-corrected chi connectivity index (χ0v) is 12.5. The number of benzene rings is 1. The van der Waals surface area contributed by atoms with E-state index >= 15 is 0 Å². The van der Waals surface area contributed by atoms with Gasteiger partial charge < -0.3 is 14.7 Å². The van der Waals surface area contributed by atoms with Crippen LogP contribution >= 0.6 is 0 Å². The summed E-state index contributed by atoms with van der Waals surface area (Å²) >= 11 is 0. The van der Waals surface area contributed by atoms with E-state index in [1.165, 1.54) is 0 Å². The minimum Gasteiger partial charge on any atom is -0.394 e. The normalized spacial score (nSPS) is 16.6. The van der Waals surface area contributed by atoms with Crippen LogP contribution in [0.1, 0.15) is 24.0 Å². The molecule has 4 heteroatoms. The second-order valence-corrected chi connectivity index (χ2v) is 5.31. The fraction of sp³-hybridized carbons (Fsp3) is 0.471. The Balaban J connectivity index is 1.84. The van der Waals surface area contributed by atoms with Gasteiger partial charge in [-0.15, -0.1) is 0 Å². The monoisotopic (exact) mass is 289 g/mol. The lowest BCUT2D eigenvalue weighted by Crippen LogP contribution is -2.40. The molecule has 21 heavy (non-hydrogen) atoms. The van der Waals surface area contributed by atoms with Crippen LogP contribution in [0, 0.1) is 6.92 Å². The first-order valence-electron chi connectivity index (χ1n) is 7.46. The summed E-state index contributed by atoms with van der Waals surface area (Å²) in [7, 11) is 0. The molecule has 1 aliphatic heterocycles. The molecule has 1 aromatic rings. The molecule has 0 saturated carbocycles. The van der Waals surface area contributed by atoms with Crippen molar-refractivity contribution in [3.05, 3.63) is 41.5 Å². The van der Waals surface area contributed by atoms with Crippen molar-refractivity contribution in [1.29, 1.82) is 0 Å². The summed E-state index contributed by atoms with van der Waals surface area (Å²) in [4.78, 5) is 14.0. The Morgan fingerprint density at radius 2 is 2.10 bits per heavy atom. The number of hydrogen-bond acceptors (Lipinski definition) is 3. The number of piperidine rings is 1. The van der Waals surface area contributed by atoms with Gasteiger partial charge in [0, 0.05) is 19.2 Å². The van der Waals surface area contributed by atoms with Gasteiger partial charge in [-0.2, -0.15) is 0 Å². The van der Waals surface area contributed by atoms with E-state index in [4.69, 9.17) is 9.84 Å². The minimum atomic E-state index is 0.0539. The summed E-state index contributed by atoms with van der Waals surface area (Å²) in [6.07, 6.45) is 5.37. The van der Waals surface area contributed by atoms with Crippen LogP contribution in [0.4, 0.5) is 0 Å². The number of ether oxygens (including phenoxy) is 1. The molecule has 0 bridgehead atoms. The van der Waals surface area contributed by atoms with Crippen molar-refractivity contribution in [3.63, 3.8) is 0 Å². The SMILES string of the molecule is Cc1ccccc1/C=C/C(=O)N1CCC(OCCO)CC1. The van der Waals surface area contributed by atoms with Gasteiger partial charge in [0.25, 0.3) is 0 Å². The molecule has 114 valence electrons. The number of aliphatic hydroxyl groups is 1. The van der Waals surface area contributed by atoms with Crippen molar-refractivity contribution in [1.82, 2.24) is 4.90 Å². The van der Waals surface area contributed by atoms with E-state index in [0.29, 0.717) is 19.7 Å². The fourth-order valence-corrected chi connectivity index (χ4v) is 2.50. The number of aliphatic hydroxyl groups excluding tert-OH is 1. The molecular formula is C17H23NO3. The van der Waals surface area contributed by atoms with Crippen LogP contribution < -0.4 is 0 Å². The van der Waals surface area contributed by atoms with E-state index in [-0.39, 0.29) is 18.6 Å². The maximum atomic E-state index is 12.2. The number of aryl methyl sites for hydroxylation is 1. The van der Waals surface area contributed by atoms with Gasteiger partial charge >= 0.3 is 0 Å². The Kier molecular flexibility index (Phi) is 5.96.